The molecule has 0 aliphatic carbocycles. The SMILES string of the molecule is O=C(C(=O)N1CCN(c2ccc(N3C[C@H](CNC(=O)C(Cl)Cl)OC3=O)cc2F)CC1)c1c[nH]c2ccc(Br)cc12. The van der Waals surface area contributed by atoms with Crippen LogP contribution in [0.15, 0.2) is 47.1 Å². The predicted octanol–water partition coefficient (Wildman–Crippen LogP) is 3.85. The number of hydrogen-bond acceptors (Lipinski definition) is 6. The molecule has 3 amide bonds. The van der Waals surface area contributed by atoms with E-state index in [1.54, 1.807) is 23.1 Å². The molecule has 2 aromatic carbocycles. The highest BCUT2D eigenvalue weighted by atomic mass is 79.9. The fourth-order valence-electron chi connectivity index (χ4n) is 4.74. The Bertz CT molecular complexity index is 1490. The van der Waals surface area contributed by atoms with E-state index in [0.29, 0.717) is 35.4 Å². The number of ether oxygens (including phenoxy) is 1. The predicted molar refractivity (Wildman–Crippen MR) is 152 cm³/mol. The van der Waals surface area contributed by atoms with Gasteiger partial charge in [-0.1, -0.05) is 39.1 Å². The highest BCUT2D eigenvalue weighted by molar-refractivity contribution is 9.10. The third-order valence-corrected chi connectivity index (χ3v) is 7.70. The molecular formula is C26H23BrCl2FN5O5. The molecule has 0 spiro atoms. The second kappa shape index (κ2) is 11.6. The molecule has 2 N–H and O–H groups in total. The average Bonchev–Trinajstić information content (AvgIpc) is 3.53. The lowest BCUT2D eigenvalue weighted by molar-refractivity contribution is -0.126. The van der Waals surface area contributed by atoms with Crippen molar-refractivity contribution in [1.82, 2.24) is 15.2 Å². The molecule has 40 heavy (non-hydrogen) atoms. The number of aromatic amines is 1. The molecule has 2 aliphatic heterocycles. The van der Waals surface area contributed by atoms with Gasteiger partial charge in [0.25, 0.3) is 17.6 Å². The number of anilines is 2. The monoisotopic (exact) mass is 653 g/mol. The van der Waals surface area contributed by atoms with Gasteiger partial charge in [-0.15, -0.1) is 0 Å². The lowest BCUT2D eigenvalue weighted by atomic mass is 10.1. The van der Waals surface area contributed by atoms with Crippen LogP contribution in [0.5, 0.6) is 0 Å². The van der Waals surface area contributed by atoms with Crippen molar-refractivity contribution in [3.05, 3.63) is 58.4 Å². The summed E-state index contributed by atoms with van der Waals surface area (Å²) in [6.45, 7) is 1.26. The molecular weight excluding hydrogens is 632 g/mol. The minimum absolute atomic E-state index is 0.0148. The molecule has 10 nitrogen and oxygen atoms in total. The van der Waals surface area contributed by atoms with Gasteiger partial charge in [0.2, 0.25) is 0 Å². The van der Waals surface area contributed by atoms with Gasteiger partial charge in [0.05, 0.1) is 30.0 Å². The van der Waals surface area contributed by atoms with Crippen LogP contribution in [0.2, 0.25) is 0 Å². The standard InChI is InChI=1S/C26H23BrCl2FN5O5/c27-14-1-3-20-17(9-14)18(12-31-20)22(36)25(38)34-7-5-33(6-8-34)21-4-2-15(10-19(21)30)35-13-16(40-26(35)39)11-32-24(37)23(28)29/h1-4,9-10,12,16,23,31H,5-8,11,13H2,(H,32,37)/t16-/m0/s1. The maximum atomic E-state index is 15.2. The molecule has 3 aromatic rings. The smallest absolute Gasteiger partial charge is 0.414 e. The van der Waals surface area contributed by atoms with Crippen LogP contribution < -0.4 is 15.1 Å². The number of nitrogens with one attached hydrogen (secondary N) is 2. The highest BCUT2D eigenvalue weighted by Gasteiger charge is 2.34. The minimum Gasteiger partial charge on any atom is -0.442 e. The van der Waals surface area contributed by atoms with Crippen molar-refractivity contribution in [2.75, 3.05) is 49.1 Å². The van der Waals surface area contributed by atoms with Gasteiger partial charge in [0.1, 0.15) is 11.9 Å². The van der Waals surface area contributed by atoms with Crippen LogP contribution in [-0.2, 0) is 14.3 Å². The number of alkyl halides is 2. The van der Waals surface area contributed by atoms with E-state index in [9.17, 15) is 19.2 Å². The van der Waals surface area contributed by atoms with Gasteiger partial charge < -0.3 is 24.8 Å². The summed E-state index contributed by atoms with van der Waals surface area (Å²) in [7, 11) is 0. The molecule has 14 heteroatoms. The molecule has 1 aromatic heterocycles. The summed E-state index contributed by atoms with van der Waals surface area (Å²) in [4.78, 5) is 56.1. The number of cyclic esters (lactones) is 1. The van der Waals surface area contributed by atoms with E-state index in [-0.39, 0.29) is 26.2 Å². The number of rotatable bonds is 7. The Kier molecular flexibility index (Phi) is 8.20. The number of carbonyl (C=O) groups is 4. The van der Waals surface area contributed by atoms with Gasteiger partial charge in [-0.3, -0.25) is 19.3 Å². The summed E-state index contributed by atoms with van der Waals surface area (Å²) in [5.74, 6) is -2.36. The number of amides is 3. The Morgan fingerprint density at radius 2 is 1.88 bits per heavy atom. The summed E-state index contributed by atoms with van der Waals surface area (Å²) >= 11 is 14.4. The summed E-state index contributed by atoms with van der Waals surface area (Å²) in [6.07, 6.45) is 0.220. The molecule has 5 rings (SSSR count). The number of Topliss-reactive ketones (excluding diaryl/α,β-unsaturated/α-hetero) is 1. The van der Waals surface area contributed by atoms with Gasteiger partial charge in [0, 0.05) is 47.8 Å². The van der Waals surface area contributed by atoms with Crippen LogP contribution in [-0.4, -0.2) is 83.8 Å². The van der Waals surface area contributed by atoms with E-state index >= 15 is 4.39 Å². The van der Waals surface area contributed by atoms with Crippen molar-refractivity contribution in [1.29, 1.82) is 0 Å². The van der Waals surface area contributed by atoms with Crippen molar-refractivity contribution in [2.24, 2.45) is 0 Å². The quantitative estimate of drug-likeness (QED) is 0.227. The maximum absolute atomic E-state index is 15.2. The second-order valence-electron chi connectivity index (χ2n) is 9.30. The van der Waals surface area contributed by atoms with Crippen LogP contribution in [0, 0.1) is 5.82 Å². The van der Waals surface area contributed by atoms with Crippen molar-refractivity contribution >= 4 is 85.1 Å². The zero-order valence-corrected chi connectivity index (χ0v) is 23.9. The van der Waals surface area contributed by atoms with E-state index in [1.165, 1.54) is 22.1 Å². The van der Waals surface area contributed by atoms with Crippen LogP contribution >= 0.6 is 39.1 Å². The Morgan fingerprint density at radius 3 is 2.58 bits per heavy atom. The minimum atomic E-state index is -1.24. The fraction of sp³-hybridized carbons (Fsp3) is 0.308. The average molecular weight is 655 g/mol. The topological polar surface area (TPSA) is 115 Å². The van der Waals surface area contributed by atoms with E-state index in [1.807, 2.05) is 12.1 Å². The lowest BCUT2D eigenvalue weighted by Gasteiger charge is -2.36. The van der Waals surface area contributed by atoms with Gasteiger partial charge in [-0.05, 0) is 36.4 Å². The Hall–Kier alpha value is -3.35. The van der Waals surface area contributed by atoms with E-state index < -0.39 is 40.4 Å². The summed E-state index contributed by atoms with van der Waals surface area (Å²) in [5, 5.41) is 3.13. The van der Waals surface area contributed by atoms with E-state index in [0.717, 1.165) is 9.99 Å². The van der Waals surface area contributed by atoms with Crippen LogP contribution in [0.25, 0.3) is 10.9 Å². The fourth-order valence-corrected chi connectivity index (χ4v) is 5.26. The largest absolute Gasteiger partial charge is 0.442 e. The van der Waals surface area contributed by atoms with Crippen molar-refractivity contribution < 1.29 is 28.3 Å². The van der Waals surface area contributed by atoms with Crippen molar-refractivity contribution in [3.63, 3.8) is 0 Å². The highest BCUT2D eigenvalue weighted by Crippen LogP contribution is 2.29. The number of fused-ring (bicyclic) bond motifs is 1. The van der Waals surface area contributed by atoms with Gasteiger partial charge in [-0.25, -0.2) is 9.18 Å². The van der Waals surface area contributed by atoms with Crippen molar-refractivity contribution in [2.45, 2.75) is 10.9 Å². The number of piperazine rings is 1. The number of carbonyl (C=O) groups excluding carboxylic acids is 4. The number of aromatic nitrogens is 1. The number of ketones is 1. The first-order chi connectivity index (χ1) is 19.1. The lowest BCUT2D eigenvalue weighted by Crippen LogP contribution is -2.50. The molecule has 0 bridgehead atoms. The maximum Gasteiger partial charge on any atom is 0.414 e. The number of halogens is 4. The molecule has 2 aliphatic rings. The number of benzene rings is 2. The van der Waals surface area contributed by atoms with E-state index in [4.69, 9.17) is 27.9 Å². The van der Waals surface area contributed by atoms with Gasteiger partial charge in [0.15, 0.2) is 4.84 Å². The molecule has 3 heterocycles. The second-order valence-corrected chi connectivity index (χ2v) is 11.3. The van der Waals surface area contributed by atoms with E-state index in [2.05, 4.69) is 26.2 Å². The third kappa shape index (κ3) is 5.74. The van der Waals surface area contributed by atoms with Crippen LogP contribution in [0.3, 0.4) is 0 Å². The van der Waals surface area contributed by atoms with Crippen LogP contribution in [0.4, 0.5) is 20.6 Å². The van der Waals surface area contributed by atoms with Crippen LogP contribution in [0.1, 0.15) is 10.4 Å². The molecule has 2 fully saturated rings. The summed E-state index contributed by atoms with van der Waals surface area (Å²) in [5.41, 5.74) is 1.67. The zero-order chi connectivity index (χ0) is 28.6. The molecule has 1 atom stereocenters. The van der Waals surface area contributed by atoms with Gasteiger partial charge in [-0.2, -0.15) is 0 Å². The molecule has 0 radical (unpaired) electrons. The van der Waals surface area contributed by atoms with Gasteiger partial charge >= 0.3 is 6.09 Å². The molecule has 2 saturated heterocycles. The third-order valence-electron chi connectivity index (χ3n) is 6.81. The van der Waals surface area contributed by atoms with Crippen molar-refractivity contribution in [3.8, 4) is 0 Å². The Labute approximate surface area is 246 Å². The normalized spacial score (nSPS) is 17.5. The Balaban J connectivity index is 1.19. The number of nitrogens with zero attached hydrogens (tertiary/aromatic N) is 3. The first-order valence-electron chi connectivity index (χ1n) is 12.3. The number of H-pyrrole nitrogens is 1. The zero-order valence-electron chi connectivity index (χ0n) is 20.8. The summed E-state index contributed by atoms with van der Waals surface area (Å²) in [6, 6.07) is 9.85. The Morgan fingerprint density at radius 1 is 1.12 bits per heavy atom. The first kappa shape index (κ1) is 28.2. The first-order valence-corrected chi connectivity index (χ1v) is 14.0. The molecule has 0 saturated carbocycles. The summed E-state index contributed by atoms with van der Waals surface area (Å²) < 4.78 is 21.2. The number of hydrogen-bond donors (Lipinski definition) is 2. The molecule has 0 unspecified atom stereocenters. The molecule has 210 valence electrons.